The summed E-state index contributed by atoms with van der Waals surface area (Å²) >= 11 is 0. The molecule has 2 rings (SSSR count). The van der Waals surface area contributed by atoms with E-state index < -0.39 is 18.3 Å². The zero-order valence-corrected chi connectivity index (χ0v) is 11.9. The number of ketones is 1. The van der Waals surface area contributed by atoms with E-state index in [1.807, 2.05) is 27.7 Å². The van der Waals surface area contributed by atoms with Crippen LogP contribution in [0, 0.1) is 0 Å². The van der Waals surface area contributed by atoms with Crippen molar-refractivity contribution >= 4 is 18.4 Å². The van der Waals surface area contributed by atoms with Crippen molar-refractivity contribution in [2.75, 3.05) is 0 Å². The fourth-order valence-corrected chi connectivity index (χ4v) is 1.95. The highest BCUT2D eigenvalue weighted by molar-refractivity contribution is 6.64. The van der Waals surface area contributed by atoms with E-state index in [2.05, 4.69) is 4.98 Å². The lowest BCUT2D eigenvalue weighted by molar-refractivity contribution is 0.00578. The average Bonchev–Trinajstić information content (AvgIpc) is 2.47. The van der Waals surface area contributed by atoms with Crippen molar-refractivity contribution < 1.29 is 19.2 Å². The highest BCUT2D eigenvalue weighted by Gasteiger charge is 2.53. The Kier molecular flexibility index (Phi) is 3.19. The molecule has 0 atom stereocenters. The molecular weight excluding hydrogens is 245 g/mol. The summed E-state index contributed by atoms with van der Waals surface area (Å²) in [4.78, 5) is 15.5. The molecule has 19 heavy (non-hydrogen) atoms. The predicted octanol–water partition coefficient (Wildman–Crippen LogP) is 1.29. The summed E-state index contributed by atoms with van der Waals surface area (Å²) in [6.07, 6.45) is 2.70. The number of nitrogens with zero attached hydrogens (tertiary/aromatic N) is 1. The first-order valence-corrected chi connectivity index (χ1v) is 6.19. The van der Waals surface area contributed by atoms with Gasteiger partial charge in [-0.05, 0) is 34.6 Å². The van der Waals surface area contributed by atoms with Crippen molar-refractivity contribution in [1.29, 1.82) is 0 Å². The number of hydrogen-bond donors (Lipinski definition) is 1. The van der Waals surface area contributed by atoms with Gasteiger partial charge in [-0.3, -0.25) is 9.78 Å². The summed E-state index contributed by atoms with van der Waals surface area (Å²) in [5.41, 5.74) is -0.386. The van der Waals surface area contributed by atoms with Gasteiger partial charge in [-0.1, -0.05) is 0 Å². The minimum Gasteiger partial charge on any atom is -0.507 e. The number of hydrogen-bond acceptors (Lipinski definition) is 5. The summed E-state index contributed by atoms with van der Waals surface area (Å²) < 4.78 is 11.7. The van der Waals surface area contributed by atoms with E-state index in [-0.39, 0.29) is 11.5 Å². The Morgan fingerprint density at radius 1 is 1.21 bits per heavy atom. The number of carbonyl (C=O) groups is 1. The maximum Gasteiger partial charge on any atom is 0.499 e. The molecule has 1 aromatic heterocycles. The van der Waals surface area contributed by atoms with Gasteiger partial charge in [-0.25, -0.2) is 0 Å². The largest absolute Gasteiger partial charge is 0.507 e. The van der Waals surface area contributed by atoms with Crippen LogP contribution in [0.2, 0.25) is 0 Å². The van der Waals surface area contributed by atoms with Crippen molar-refractivity contribution in [2.24, 2.45) is 0 Å². The molecule has 1 fully saturated rings. The smallest absolute Gasteiger partial charge is 0.499 e. The normalized spacial score (nSPS) is 20.6. The van der Waals surface area contributed by atoms with E-state index in [1.165, 1.54) is 19.3 Å². The number of rotatable bonds is 2. The Bertz CT molecular complexity index is 511. The number of Topliss-reactive ketones (excluding diaryl/α,β-unsaturated/α-hetero) is 1. The van der Waals surface area contributed by atoms with E-state index in [9.17, 15) is 9.90 Å². The molecule has 1 aromatic rings. The first kappa shape index (κ1) is 14.0. The van der Waals surface area contributed by atoms with E-state index in [4.69, 9.17) is 9.31 Å². The third-order valence-corrected chi connectivity index (χ3v) is 3.83. The van der Waals surface area contributed by atoms with Crippen LogP contribution in [-0.2, 0) is 9.31 Å². The summed E-state index contributed by atoms with van der Waals surface area (Å²) in [6.45, 7) is 9.08. The number of aromatic hydroxyl groups is 1. The quantitative estimate of drug-likeness (QED) is 0.643. The van der Waals surface area contributed by atoms with Crippen LogP contribution in [0.25, 0.3) is 0 Å². The van der Waals surface area contributed by atoms with Gasteiger partial charge in [0.05, 0.1) is 17.4 Å². The molecule has 1 saturated heterocycles. The maximum atomic E-state index is 11.6. The van der Waals surface area contributed by atoms with Crippen LogP contribution >= 0.6 is 0 Å². The van der Waals surface area contributed by atoms with Crippen molar-refractivity contribution in [3.8, 4) is 5.75 Å². The monoisotopic (exact) mass is 263 g/mol. The van der Waals surface area contributed by atoms with E-state index >= 15 is 0 Å². The Morgan fingerprint density at radius 3 is 2.21 bits per heavy atom. The number of carbonyl (C=O) groups excluding carboxylic acids is 1. The van der Waals surface area contributed by atoms with Crippen LogP contribution in [0.5, 0.6) is 5.75 Å². The van der Waals surface area contributed by atoms with E-state index in [0.717, 1.165) is 0 Å². The Labute approximate surface area is 113 Å². The average molecular weight is 263 g/mol. The fraction of sp³-hybridized carbons (Fsp3) is 0.538. The minimum atomic E-state index is -0.771. The van der Waals surface area contributed by atoms with Gasteiger partial charge in [0.2, 0.25) is 0 Å². The molecule has 6 heteroatoms. The zero-order chi connectivity index (χ0) is 14.4. The molecule has 102 valence electrons. The Hall–Kier alpha value is -1.40. The molecule has 0 bridgehead atoms. The van der Waals surface area contributed by atoms with Crippen LogP contribution in [0.3, 0.4) is 0 Å². The molecule has 2 heterocycles. The van der Waals surface area contributed by atoms with Crippen molar-refractivity contribution in [3.05, 3.63) is 18.0 Å². The molecule has 0 radical (unpaired) electrons. The van der Waals surface area contributed by atoms with E-state index in [1.54, 1.807) is 0 Å². The van der Waals surface area contributed by atoms with Crippen molar-refractivity contribution in [2.45, 2.75) is 45.8 Å². The van der Waals surface area contributed by atoms with Crippen LogP contribution < -0.4 is 5.46 Å². The van der Waals surface area contributed by atoms with Gasteiger partial charge in [-0.15, -0.1) is 0 Å². The second-order valence-electron chi connectivity index (χ2n) is 5.76. The lowest BCUT2D eigenvalue weighted by Crippen LogP contribution is -2.41. The molecule has 0 unspecified atom stereocenters. The molecule has 0 amide bonds. The van der Waals surface area contributed by atoms with Gasteiger partial charge in [0.25, 0.3) is 0 Å². The molecule has 0 spiro atoms. The Morgan fingerprint density at radius 2 is 1.74 bits per heavy atom. The maximum absolute atomic E-state index is 11.6. The third kappa shape index (κ3) is 2.26. The SMILES string of the molecule is CC(=O)c1cncc(O)c1B1OC(C)(C)C(C)(C)O1. The molecule has 0 saturated carbocycles. The van der Waals surface area contributed by atoms with Gasteiger partial charge >= 0.3 is 7.12 Å². The highest BCUT2D eigenvalue weighted by Crippen LogP contribution is 2.37. The number of aromatic nitrogens is 1. The van der Waals surface area contributed by atoms with Crippen LogP contribution in [0.15, 0.2) is 12.4 Å². The Balaban J connectivity index is 2.48. The molecule has 5 nitrogen and oxygen atoms in total. The first-order valence-electron chi connectivity index (χ1n) is 6.19. The highest BCUT2D eigenvalue weighted by atomic mass is 16.7. The number of pyridine rings is 1. The van der Waals surface area contributed by atoms with Crippen LogP contribution in [0.1, 0.15) is 45.0 Å². The molecule has 0 aliphatic carbocycles. The van der Waals surface area contributed by atoms with Gasteiger partial charge in [0, 0.05) is 17.2 Å². The topological polar surface area (TPSA) is 68.7 Å². The molecular formula is C13H18BNO4. The van der Waals surface area contributed by atoms with Crippen LogP contribution in [-0.4, -0.2) is 34.2 Å². The summed E-state index contributed by atoms with van der Waals surface area (Å²) in [5, 5.41) is 9.97. The van der Waals surface area contributed by atoms with E-state index in [0.29, 0.717) is 11.0 Å². The van der Waals surface area contributed by atoms with Crippen molar-refractivity contribution in [1.82, 2.24) is 4.98 Å². The molecule has 1 aliphatic heterocycles. The van der Waals surface area contributed by atoms with Gasteiger partial charge in [-0.2, -0.15) is 0 Å². The van der Waals surface area contributed by atoms with Gasteiger partial charge < -0.3 is 14.4 Å². The predicted molar refractivity (Wildman–Crippen MR) is 71.6 cm³/mol. The lowest BCUT2D eigenvalue weighted by Gasteiger charge is -2.32. The second-order valence-corrected chi connectivity index (χ2v) is 5.76. The minimum absolute atomic E-state index is 0.0915. The molecule has 1 aliphatic rings. The fourth-order valence-electron chi connectivity index (χ4n) is 1.95. The summed E-state index contributed by atoms with van der Waals surface area (Å²) in [6, 6.07) is 0. The third-order valence-electron chi connectivity index (χ3n) is 3.83. The summed E-state index contributed by atoms with van der Waals surface area (Å²) in [7, 11) is -0.771. The van der Waals surface area contributed by atoms with Gasteiger partial charge in [0.15, 0.2) is 5.78 Å². The zero-order valence-electron chi connectivity index (χ0n) is 11.9. The van der Waals surface area contributed by atoms with Crippen molar-refractivity contribution in [3.63, 3.8) is 0 Å². The van der Waals surface area contributed by atoms with Gasteiger partial charge in [0.1, 0.15) is 5.75 Å². The first-order chi connectivity index (χ1) is 8.66. The molecule has 1 N–H and O–H groups in total. The molecule has 0 aromatic carbocycles. The van der Waals surface area contributed by atoms with Crippen LogP contribution in [0.4, 0.5) is 0 Å². The summed E-state index contributed by atoms with van der Waals surface area (Å²) in [5.74, 6) is -0.278. The lowest BCUT2D eigenvalue weighted by atomic mass is 9.75. The standard InChI is InChI=1S/C13H18BNO4/c1-8(16)9-6-15-7-10(17)11(9)14-18-12(2,3)13(4,5)19-14/h6-7,17H,1-5H3. The second kappa shape index (κ2) is 4.32.